The lowest BCUT2D eigenvalue weighted by Gasteiger charge is -2.02. The number of aromatic nitrogens is 1. The topological polar surface area (TPSA) is 59.0 Å². The molecule has 18 heavy (non-hydrogen) atoms. The number of amides is 1. The average molecular weight is 242 g/mol. The first-order chi connectivity index (χ1) is 8.78. The molecule has 1 amide bonds. The van der Waals surface area contributed by atoms with Crippen molar-refractivity contribution in [3.05, 3.63) is 66.0 Å². The van der Waals surface area contributed by atoms with Crippen LogP contribution >= 0.6 is 0 Å². The van der Waals surface area contributed by atoms with Gasteiger partial charge in [-0.15, -0.1) is 0 Å². The first kappa shape index (κ1) is 12.3. The van der Waals surface area contributed by atoms with E-state index in [1.165, 1.54) is 5.56 Å². The molecule has 2 aromatic rings. The molecule has 0 saturated heterocycles. The summed E-state index contributed by atoms with van der Waals surface area (Å²) >= 11 is 0. The van der Waals surface area contributed by atoms with Gasteiger partial charge < -0.3 is 0 Å². The Morgan fingerprint density at radius 2 is 1.67 bits per heavy atom. The average Bonchev–Trinajstić information content (AvgIpc) is 2.42. The molecule has 0 atom stereocenters. The number of carbonyl (C=O) groups is 1. The molecular weight excluding hydrogens is 226 g/mol. The maximum absolute atomic E-state index is 11.1. The molecule has 0 spiro atoms. The second kappa shape index (κ2) is 5.93. The van der Waals surface area contributed by atoms with Crippen LogP contribution in [0, 0.1) is 0 Å². The van der Waals surface area contributed by atoms with Gasteiger partial charge in [-0.1, -0.05) is 30.3 Å². The summed E-state index contributed by atoms with van der Waals surface area (Å²) in [5.74, 6) is 4.87. The van der Waals surface area contributed by atoms with Gasteiger partial charge >= 0.3 is 0 Å². The van der Waals surface area contributed by atoms with E-state index >= 15 is 0 Å². The molecule has 4 nitrogen and oxygen atoms in total. The first-order valence-corrected chi connectivity index (χ1v) is 5.79. The van der Waals surface area contributed by atoms with Gasteiger partial charge in [0.25, 0.3) is 0 Å². The molecule has 1 aromatic heterocycles. The Labute approximate surface area is 106 Å². The van der Waals surface area contributed by atoms with Crippen LogP contribution in [-0.4, -0.2) is 5.91 Å². The second-order valence-electron chi connectivity index (χ2n) is 4.11. The van der Waals surface area contributed by atoms with E-state index in [9.17, 15) is 4.79 Å². The number of nitrogens with two attached hydrogens (primary N) is 1. The molecule has 1 aromatic carbocycles. The molecule has 0 aliphatic carbocycles. The fraction of sp³-hybridized carbons (Fsp3) is 0.143. The molecule has 0 saturated carbocycles. The Morgan fingerprint density at radius 1 is 1.06 bits per heavy atom. The van der Waals surface area contributed by atoms with Crippen molar-refractivity contribution in [2.45, 2.75) is 13.0 Å². The third-order valence-electron chi connectivity index (χ3n) is 2.69. The summed E-state index contributed by atoms with van der Waals surface area (Å²) in [4.78, 5) is 11.1. The van der Waals surface area contributed by atoms with Gasteiger partial charge in [0, 0.05) is 17.7 Å². The monoisotopic (exact) mass is 242 g/mol. The molecule has 92 valence electrons. The number of nitrogens with one attached hydrogen (secondary N) is 1. The number of rotatable bonds is 4. The molecular formula is C14H16N3O+. The third-order valence-corrected chi connectivity index (χ3v) is 2.69. The van der Waals surface area contributed by atoms with E-state index in [1.54, 1.807) is 0 Å². The number of hydrogen-bond donors (Lipinski definition) is 2. The van der Waals surface area contributed by atoms with Crippen LogP contribution in [-0.2, 0) is 17.8 Å². The van der Waals surface area contributed by atoms with Crippen LogP contribution in [0.25, 0.3) is 0 Å². The van der Waals surface area contributed by atoms with E-state index in [2.05, 4.69) is 9.99 Å². The SMILES string of the molecule is NNC(=O)Cc1ccc(C[n+]2ccccc2)cc1. The molecule has 0 fully saturated rings. The lowest BCUT2D eigenvalue weighted by atomic mass is 10.1. The highest BCUT2D eigenvalue weighted by atomic mass is 16.2. The van der Waals surface area contributed by atoms with Crippen LogP contribution < -0.4 is 15.8 Å². The van der Waals surface area contributed by atoms with Crippen LogP contribution in [0.3, 0.4) is 0 Å². The Kier molecular flexibility index (Phi) is 4.04. The Hall–Kier alpha value is -2.20. The summed E-state index contributed by atoms with van der Waals surface area (Å²) in [6, 6.07) is 13.9. The predicted octanol–water partition coefficient (Wildman–Crippen LogP) is 0.555. The van der Waals surface area contributed by atoms with Gasteiger partial charge in [-0.3, -0.25) is 10.2 Å². The zero-order valence-electron chi connectivity index (χ0n) is 10.0. The van der Waals surface area contributed by atoms with Crippen molar-refractivity contribution in [2.75, 3.05) is 0 Å². The summed E-state index contributed by atoms with van der Waals surface area (Å²) in [5.41, 5.74) is 4.28. The Bertz CT molecular complexity index is 508. The van der Waals surface area contributed by atoms with E-state index in [0.29, 0.717) is 6.42 Å². The van der Waals surface area contributed by atoms with Crippen molar-refractivity contribution in [3.63, 3.8) is 0 Å². The number of carbonyl (C=O) groups excluding carboxylic acids is 1. The molecule has 2 rings (SSSR count). The van der Waals surface area contributed by atoms with Crippen LogP contribution in [0.1, 0.15) is 11.1 Å². The maximum Gasteiger partial charge on any atom is 0.238 e. The smallest absolute Gasteiger partial charge is 0.238 e. The lowest BCUT2D eigenvalue weighted by Crippen LogP contribution is -2.32. The second-order valence-corrected chi connectivity index (χ2v) is 4.11. The molecule has 3 N–H and O–H groups in total. The summed E-state index contributed by atoms with van der Waals surface area (Å²) in [6.45, 7) is 0.824. The van der Waals surface area contributed by atoms with Gasteiger partial charge in [0.2, 0.25) is 5.91 Å². The zero-order valence-corrected chi connectivity index (χ0v) is 10.0. The number of nitrogens with zero attached hydrogens (tertiary/aromatic N) is 1. The highest BCUT2D eigenvalue weighted by molar-refractivity contribution is 5.77. The van der Waals surface area contributed by atoms with E-state index in [0.717, 1.165) is 12.1 Å². The number of hydrogen-bond acceptors (Lipinski definition) is 2. The molecule has 0 radical (unpaired) electrons. The van der Waals surface area contributed by atoms with Gasteiger partial charge in [0.1, 0.15) is 0 Å². The summed E-state index contributed by atoms with van der Waals surface area (Å²) in [7, 11) is 0. The summed E-state index contributed by atoms with van der Waals surface area (Å²) in [6.07, 6.45) is 4.36. The van der Waals surface area contributed by atoms with E-state index < -0.39 is 0 Å². The normalized spacial score (nSPS) is 10.1. The van der Waals surface area contributed by atoms with Gasteiger partial charge in [-0.2, -0.15) is 0 Å². The molecule has 0 bridgehead atoms. The van der Waals surface area contributed by atoms with Crippen molar-refractivity contribution >= 4 is 5.91 Å². The zero-order chi connectivity index (χ0) is 12.8. The molecule has 4 heteroatoms. The maximum atomic E-state index is 11.1. The van der Waals surface area contributed by atoms with Crippen LogP contribution in [0.5, 0.6) is 0 Å². The predicted molar refractivity (Wildman–Crippen MR) is 68.2 cm³/mol. The number of hydrazine groups is 1. The van der Waals surface area contributed by atoms with E-state index in [1.807, 2.05) is 54.9 Å². The fourth-order valence-corrected chi connectivity index (χ4v) is 1.75. The fourth-order valence-electron chi connectivity index (χ4n) is 1.75. The van der Waals surface area contributed by atoms with Gasteiger partial charge in [-0.25, -0.2) is 10.4 Å². The number of benzene rings is 1. The van der Waals surface area contributed by atoms with Crippen LogP contribution in [0.2, 0.25) is 0 Å². The lowest BCUT2D eigenvalue weighted by molar-refractivity contribution is -0.688. The molecule has 0 aliphatic heterocycles. The minimum atomic E-state index is -0.180. The van der Waals surface area contributed by atoms with E-state index in [-0.39, 0.29) is 5.91 Å². The third kappa shape index (κ3) is 3.40. The molecule has 1 heterocycles. The number of pyridine rings is 1. The van der Waals surface area contributed by atoms with Gasteiger partial charge in [0.05, 0.1) is 6.42 Å². The van der Waals surface area contributed by atoms with Crippen molar-refractivity contribution in [3.8, 4) is 0 Å². The minimum absolute atomic E-state index is 0.180. The molecule has 0 unspecified atom stereocenters. The van der Waals surface area contributed by atoms with Crippen molar-refractivity contribution in [2.24, 2.45) is 5.84 Å². The van der Waals surface area contributed by atoms with Crippen molar-refractivity contribution in [1.82, 2.24) is 5.43 Å². The standard InChI is InChI=1S/C14H15N3O/c15-16-14(18)10-12-4-6-13(7-5-12)11-17-8-2-1-3-9-17/h1-9H,10-11,15H2/p+1. The van der Waals surface area contributed by atoms with Crippen molar-refractivity contribution < 1.29 is 9.36 Å². The van der Waals surface area contributed by atoms with Crippen LogP contribution in [0.4, 0.5) is 0 Å². The summed E-state index contributed by atoms with van der Waals surface area (Å²) in [5, 5.41) is 0. The van der Waals surface area contributed by atoms with Gasteiger partial charge in [0.15, 0.2) is 18.9 Å². The highest BCUT2D eigenvalue weighted by Gasteiger charge is 2.03. The Balaban J connectivity index is 2.02. The quantitative estimate of drug-likeness (QED) is 0.356. The van der Waals surface area contributed by atoms with Crippen LogP contribution in [0.15, 0.2) is 54.9 Å². The first-order valence-electron chi connectivity index (χ1n) is 5.79. The highest BCUT2D eigenvalue weighted by Crippen LogP contribution is 2.05. The van der Waals surface area contributed by atoms with E-state index in [4.69, 9.17) is 5.84 Å². The molecule has 0 aliphatic rings. The minimum Gasteiger partial charge on any atom is -0.294 e. The summed E-state index contributed by atoms with van der Waals surface area (Å²) < 4.78 is 2.10. The largest absolute Gasteiger partial charge is 0.294 e. The Morgan fingerprint density at radius 3 is 2.28 bits per heavy atom. The van der Waals surface area contributed by atoms with Gasteiger partial charge in [-0.05, 0) is 5.56 Å². The van der Waals surface area contributed by atoms with Crippen molar-refractivity contribution in [1.29, 1.82) is 0 Å².